The number of hydrogen-bond acceptors (Lipinski definition) is 0. The zero-order chi connectivity index (χ0) is 20.8. The molecule has 31 heavy (non-hydrogen) atoms. The Balaban J connectivity index is 1.54. The SMILES string of the molecule is Cc1ccccc1-c1ccc(-c2ccc3c4ccccc4c4ccccc4c3c2)cc1. The Hall–Kier alpha value is -3.90. The first-order valence-electron chi connectivity index (χ1n) is 10.8. The van der Waals surface area contributed by atoms with Gasteiger partial charge in [0.2, 0.25) is 0 Å². The summed E-state index contributed by atoms with van der Waals surface area (Å²) in [5, 5.41) is 7.90. The summed E-state index contributed by atoms with van der Waals surface area (Å²) in [7, 11) is 0. The largest absolute Gasteiger partial charge is 0.0620 e. The molecule has 0 aromatic heterocycles. The van der Waals surface area contributed by atoms with Gasteiger partial charge in [0, 0.05) is 0 Å². The Bertz CT molecular complexity index is 1530. The van der Waals surface area contributed by atoms with Gasteiger partial charge in [0.25, 0.3) is 0 Å². The van der Waals surface area contributed by atoms with Crippen molar-refractivity contribution < 1.29 is 0 Å². The predicted molar refractivity (Wildman–Crippen MR) is 135 cm³/mol. The molecule has 0 heterocycles. The van der Waals surface area contributed by atoms with E-state index in [1.807, 2.05) is 0 Å². The Morgan fingerprint density at radius 1 is 0.355 bits per heavy atom. The lowest BCUT2D eigenvalue weighted by Gasteiger charge is -2.12. The fraction of sp³-hybridized carbons (Fsp3) is 0.0323. The first-order chi connectivity index (χ1) is 15.3. The van der Waals surface area contributed by atoms with E-state index >= 15 is 0 Å². The third-order valence-electron chi connectivity index (χ3n) is 6.42. The normalized spacial score (nSPS) is 11.4. The molecule has 0 aliphatic rings. The molecular weight excluding hydrogens is 372 g/mol. The van der Waals surface area contributed by atoms with Crippen LogP contribution in [0.4, 0.5) is 0 Å². The monoisotopic (exact) mass is 394 g/mol. The Morgan fingerprint density at radius 2 is 0.806 bits per heavy atom. The van der Waals surface area contributed by atoms with Crippen molar-refractivity contribution >= 4 is 32.3 Å². The van der Waals surface area contributed by atoms with E-state index in [0.717, 1.165) is 0 Å². The fourth-order valence-electron chi connectivity index (χ4n) is 4.83. The molecule has 0 nitrogen and oxygen atoms in total. The second-order valence-electron chi connectivity index (χ2n) is 8.24. The van der Waals surface area contributed by atoms with Crippen LogP contribution in [0.2, 0.25) is 0 Å². The first kappa shape index (κ1) is 17.9. The lowest BCUT2D eigenvalue weighted by molar-refractivity contribution is 1.46. The predicted octanol–water partition coefficient (Wildman–Crippen LogP) is 8.79. The van der Waals surface area contributed by atoms with E-state index in [1.165, 1.54) is 60.1 Å². The summed E-state index contributed by atoms with van der Waals surface area (Å²) < 4.78 is 0. The topological polar surface area (TPSA) is 0 Å². The summed E-state index contributed by atoms with van der Waals surface area (Å²) in [4.78, 5) is 0. The van der Waals surface area contributed by atoms with Gasteiger partial charge < -0.3 is 0 Å². The van der Waals surface area contributed by atoms with Crippen molar-refractivity contribution in [2.75, 3.05) is 0 Å². The lowest BCUT2D eigenvalue weighted by atomic mass is 9.91. The Labute approximate surface area is 182 Å². The zero-order valence-electron chi connectivity index (χ0n) is 17.5. The standard InChI is InChI=1S/C31H22/c1-21-8-2-3-9-25(21)23-16-14-22(15-17-23)24-18-19-30-28-12-5-4-10-26(28)27-11-6-7-13-29(27)31(30)20-24/h2-20H,1H3. The van der Waals surface area contributed by atoms with Gasteiger partial charge in [0.05, 0.1) is 0 Å². The quantitative estimate of drug-likeness (QED) is 0.257. The van der Waals surface area contributed by atoms with Crippen LogP contribution in [0.3, 0.4) is 0 Å². The second kappa shape index (κ2) is 7.11. The van der Waals surface area contributed by atoms with Crippen LogP contribution in [-0.4, -0.2) is 0 Å². The molecule has 0 N–H and O–H groups in total. The van der Waals surface area contributed by atoms with Gasteiger partial charge in [-0.2, -0.15) is 0 Å². The highest BCUT2D eigenvalue weighted by molar-refractivity contribution is 6.25. The van der Waals surface area contributed by atoms with Gasteiger partial charge in [-0.05, 0) is 73.1 Å². The van der Waals surface area contributed by atoms with Crippen molar-refractivity contribution in [3.05, 3.63) is 121 Å². The fourth-order valence-corrected chi connectivity index (χ4v) is 4.83. The van der Waals surface area contributed by atoms with Crippen LogP contribution in [0.15, 0.2) is 115 Å². The van der Waals surface area contributed by atoms with Gasteiger partial charge in [-0.25, -0.2) is 0 Å². The van der Waals surface area contributed by atoms with E-state index in [9.17, 15) is 0 Å². The van der Waals surface area contributed by atoms with E-state index in [2.05, 4.69) is 122 Å². The van der Waals surface area contributed by atoms with E-state index in [4.69, 9.17) is 0 Å². The zero-order valence-corrected chi connectivity index (χ0v) is 17.5. The highest BCUT2D eigenvalue weighted by Crippen LogP contribution is 2.37. The smallest absolute Gasteiger partial charge is 0.00928 e. The summed E-state index contributed by atoms with van der Waals surface area (Å²) in [6.45, 7) is 2.17. The van der Waals surface area contributed by atoms with Crippen LogP contribution in [-0.2, 0) is 0 Å². The number of benzene rings is 6. The number of fused-ring (bicyclic) bond motifs is 6. The van der Waals surface area contributed by atoms with Crippen LogP contribution < -0.4 is 0 Å². The van der Waals surface area contributed by atoms with Crippen LogP contribution in [0.1, 0.15) is 5.56 Å². The van der Waals surface area contributed by atoms with Crippen LogP contribution in [0.5, 0.6) is 0 Å². The van der Waals surface area contributed by atoms with Gasteiger partial charge in [-0.3, -0.25) is 0 Å². The van der Waals surface area contributed by atoms with Gasteiger partial charge >= 0.3 is 0 Å². The maximum atomic E-state index is 2.35. The van der Waals surface area contributed by atoms with Crippen molar-refractivity contribution in [3.63, 3.8) is 0 Å². The molecule has 6 aromatic carbocycles. The molecule has 6 aromatic rings. The van der Waals surface area contributed by atoms with E-state index < -0.39 is 0 Å². The van der Waals surface area contributed by atoms with Gasteiger partial charge in [0.1, 0.15) is 0 Å². The van der Waals surface area contributed by atoms with E-state index in [0.29, 0.717) is 0 Å². The third kappa shape index (κ3) is 2.92. The third-order valence-corrected chi connectivity index (χ3v) is 6.42. The number of aryl methyl sites for hydroxylation is 1. The molecule has 6 rings (SSSR count). The highest BCUT2D eigenvalue weighted by Gasteiger charge is 2.09. The van der Waals surface area contributed by atoms with Gasteiger partial charge in [0.15, 0.2) is 0 Å². The molecule has 0 atom stereocenters. The summed E-state index contributed by atoms with van der Waals surface area (Å²) in [5.74, 6) is 0. The Kier molecular flexibility index (Phi) is 4.11. The van der Waals surface area contributed by atoms with Crippen molar-refractivity contribution in [1.82, 2.24) is 0 Å². The minimum atomic E-state index is 1.25. The van der Waals surface area contributed by atoms with Crippen LogP contribution in [0.25, 0.3) is 54.6 Å². The molecule has 0 spiro atoms. The Morgan fingerprint density at radius 3 is 1.42 bits per heavy atom. The van der Waals surface area contributed by atoms with Gasteiger partial charge in [-0.1, -0.05) is 109 Å². The maximum Gasteiger partial charge on any atom is -0.00928 e. The molecule has 146 valence electrons. The summed E-state index contributed by atoms with van der Waals surface area (Å²) in [6.07, 6.45) is 0. The summed E-state index contributed by atoms with van der Waals surface area (Å²) in [5.41, 5.74) is 6.36. The van der Waals surface area contributed by atoms with Gasteiger partial charge in [-0.15, -0.1) is 0 Å². The first-order valence-corrected chi connectivity index (χ1v) is 10.8. The summed E-state index contributed by atoms with van der Waals surface area (Å²) >= 11 is 0. The van der Waals surface area contributed by atoms with Crippen LogP contribution >= 0.6 is 0 Å². The number of hydrogen-bond donors (Lipinski definition) is 0. The van der Waals surface area contributed by atoms with E-state index in [1.54, 1.807) is 0 Å². The average molecular weight is 395 g/mol. The molecule has 0 aliphatic heterocycles. The molecular formula is C31H22. The molecule has 0 bridgehead atoms. The minimum Gasteiger partial charge on any atom is -0.0620 e. The van der Waals surface area contributed by atoms with Crippen molar-refractivity contribution in [3.8, 4) is 22.3 Å². The molecule has 0 unspecified atom stereocenters. The molecule has 0 radical (unpaired) electrons. The summed E-state index contributed by atoms with van der Waals surface area (Å²) in [6, 6.07) is 41.9. The molecule has 0 fully saturated rings. The molecule has 0 saturated carbocycles. The lowest BCUT2D eigenvalue weighted by Crippen LogP contribution is -1.86. The molecule has 0 heteroatoms. The molecule has 0 amide bonds. The van der Waals surface area contributed by atoms with Crippen molar-refractivity contribution in [1.29, 1.82) is 0 Å². The molecule has 0 aliphatic carbocycles. The minimum absolute atomic E-state index is 1.25. The number of rotatable bonds is 2. The average Bonchev–Trinajstić information content (AvgIpc) is 2.84. The van der Waals surface area contributed by atoms with Crippen LogP contribution in [0, 0.1) is 6.92 Å². The van der Waals surface area contributed by atoms with Crippen molar-refractivity contribution in [2.24, 2.45) is 0 Å². The van der Waals surface area contributed by atoms with E-state index in [-0.39, 0.29) is 0 Å². The molecule has 0 saturated heterocycles. The van der Waals surface area contributed by atoms with Crippen molar-refractivity contribution in [2.45, 2.75) is 6.92 Å². The second-order valence-corrected chi connectivity index (χ2v) is 8.24. The maximum absolute atomic E-state index is 2.35. The highest BCUT2D eigenvalue weighted by atomic mass is 14.1.